The van der Waals surface area contributed by atoms with Crippen LogP contribution in [0.2, 0.25) is 0 Å². The highest BCUT2D eigenvalue weighted by Gasteiger charge is 2.56. The first-order chi connectivity index (χ1) is 38.5. The molecule has 0 aromatic heterocycles. The van der Waals surface area contributed by atoms with Gasteiger partial charge in [-0.15, -0.1) is 0 Å². The fourth-order valence-electron chi connectivity index (χ4n) is 8.58. The van der Waals surface area contributed by atoms with Gasteiger partial charge in [0.05, 0.1) is 45.6 Å². The van der Waals surface area contributed by atoms with Gasteiger partial charge < -0.3 is 52.5 Å². The van der Waals surface area contributed by atoms with Gasteiger partial charge in [0.25, 0.3) is 0 Å². The number of carbonyl (C=O) groups is 7. The molecule has 2 aliphatic rings. The highest BCUT2D eigenvalue weighted by molar-refractivity contribution is 5.93. The maximum absolute atomic E-state index is 14.3. The number of benzene rings is 7. The Balaban J connectivity index is 1.12. The molecule has 402 valence electrons. The summed E-state index contributed by atoms with van der Waals surface area (Å²) < 4.78 is 61.4. The fraction of sp³-hybridized carbons (Fsp3) is 0.197. The zero-order chi connectivity index (χ0) is 55.1. The molecule has 2 heterocycles. The molecule has 0 unspecified atom stereocenters. The Bertz CT molecular complexity index is 3170. The molecule has 7 aromatic carbocycles. The largest absolute Gasteiger partial charge is 0.459 e. The summed E-state index contributed by atoms with van der Waals surface area (Å²) in [7, 11) is 0. The van der Waals surface area contributed by atoms with Crippen LogP contribution >= 0.6 is 0 Å². The van der Waals surface area contributed by atoms with E-state index < -0.39 is 116 Å². The molecule has 0 bridgehead atoms. The maximum atomic E-state index is 14.3. The smallest absolute Gasteiger partial charge is 0.338 e. The van der Waals surface area contributed by atoms with Gasteiger partial charge in [-0.25, -0.2) is 33.6 Å². The van der Waals surface area contributed by atoms with Gasteiger partial charge in [-0.1, -0.05) is 127 Å². The molecule has 0 saturated carbocycles. The number of hydrogen-bond acceptors (Lipinski definition) is 18. The van der Waals surface area contributed by atoms with Gasteiger partial charge in [0, 0.05) is 0 Å². The van der Waals surface area contributed by atoms with E-state index in [0.29, 0.717) is 0 Å². The number of esters is 7. The molecule has 2 aliphatic heterocycles. The van der Waals surface area contributed by atoms with Crippen molar-refractivity contribution in [2.45, 2.75) is 61.4 Å². The molecule has 18 nitrogen and oxygen atoms in total. The SMILES string of the molecule is O=C(OC[C@H]1O[C@H](OC[C@H]2O[C@H](O)[C@H](OC(=O)c3ccccc3)[C@@H](OC(=O)c3ccccc3)[C@@H]2OC(=O)c2ccccc2)[C@H](OC(=O)c2ccccc2)[C@@H](OC(=O)c2ccccc2)[C@@H]1OC(=O)c1ccccc1)c1ccccc1. The summed E-state index contributed by atoms with van der Waals surface area (Å²) in [6, 6.07) is 54.3. The summed E-state index contributed by atoms with van der Waals surface area (Å²) in [6.45, 7) is -1.50. The quantitative estimate of drug-likeness (QED) is 0.0642. The van der Waals surface area contributed by atoms with Gasteiger partial charge in [-0.05, 0) is 84.9 Å². The molecule has 2 fully saturated rings. The number of aliphatic hydroxyl groups excluding tert-OH is 1. The Morgan fingerprint density at radius 2 is 0.557 bits per heavy atom. The van der Waals surface area contributed by atoms with E-state index in [-0.39, 0.29) is 38.9 Å². The molecule has 0 radical (unpaired) electrons. The average molecular weight is 1070 g/mol. The molecule has 1 N–H and O–H groups in total. The maximum Gasteiger partial charge on any atom is 0.338 e. The molecule has 18 heteroatoms. The van der Waals surface area contributed by atoms with E-state index >= 15 is 0 Å². The van der Waals surface area contributed by atoms with Crippen molar-refractivity contribution in [1.82, 2.24) is 0 Å². The van der Waals surface area contributed by atoms with Crippen LogP contribution in [0, 0.1) is 0 Å². The van der Waals surface area contributed by atoms with Gasteiger partial charge in [0.1, 0.15) is 18.8 Å². The zero-order valence-electron chi connectivity index (χ0n) is 41.8. The second-order valence-electron chi connectivity index (χ2n) is 17.8. The normalized spacial score (nSPS) is 22.4. The lowest BCUT2D eigenvalue weighted by Gasteiger charge is -2.46. The van der Waals surface area contributed by atoms with Gasteiger partial charge in [-0.2, -0.15) is 0 Å². The molecule has 0 amide bonds. The van der Waals surface area contributed by atoms with Crippen molar-refractivity contribution in [2.24, 2.45) is 0 Å². The molecule has 0 spiro atoms. The van der Waals surface area contributed by atoms with Crippen molar-refractivity contribution in [2.75, 3.05) is 13.2 Å². The molecule has 7 aromatic rings. The van der Waals surface area contributed by atoms with E-state index in [0.717, 1.165) is 0 Å². The van der Waals surface area contributed by atoms with E-state index in [1.54, 1.807) is 127 Å². The lowest BCUT2D eigenvalue weighted by Crippen LogP contribution is -2.65. The van der Waals surface area contributed by atoms with Crippen LogP contribution in [0.5, 0.6) is 0 Å². The predicted molar refractivity (Wildman–Crippen MR) is 276 cm³/mol. The first-order valence-corrected chi connectivity index (χ1v) is 24.9. The monoisotopic (exact) mass is 1070 g/mol. The van der Waals surface area contributed by atoms with E-state index in [4.69, 9.17) is 47.4 Å². The topological polar surface area (TPSA) is 232 Å². The first kappa shape index (κ1) is 54.5. The van der Waals surface area contributed by atoms with Crippen LogP contribution in [0.1, 0.15) is 72.5 Å². The van der Waals surface area contributed by atoms with Crippen molar-refractivity contribution in [1.29, 1.82) is 0 Å². The molecular weight excluding hydrogens is 1020 g/mol. The van der Waals surface area contributed by atoms with E-state index in [2.05, 4.69) is 0 Å². The lowest BCUT2D eigenvalue weighted by atomic mass is 9.96. The Labute approximate surface area is 452 Å². The molecule has 10 atom stereocenters. The fourth-order valence-corrected chi connectivity index (χ4v) is 8.58. The molecule has 79 heavy (non-hydrogen) atoms. The summed E-state index contributed by atoms with van der Waals surface area (Å²) in [4.78, 5) is 98.0. The molecular formula is C61H50O18. The van der Waals surface area contributed by atoms with Gasteiger partial charge in [0.15, 0.2) is 49.2 Å². The van der Waals surface area contributed by atoms with Crippen molar-refractivity contribution in [3.05, 3.63) is 251 Å². The standard InChI is InChI=1S/C61H50O18/c62-53(38-22-8-1-9-23-38)70-36-46-48(75-55(64)40-26-12-3-13-27-40)50(77-57(66)42-30-16-5-17-31-42)52(79-59(68)44-34-20-7-21-35-44)61(73-46)71-37-45-47(74-54(63)39-24-10-2-11-25-39)49(76-56(65)41-28-14-4-15-29-41)51(60(69)72-45)78-58(67)43-32-18-6-19-33-43/h1-35,45-52,60-61,69H,36-37H2/t45-,46-,47-,48-,49+,50+,51-,52-,60+,61+/m1/s1. The summed E-state index contributed by atoms with van der Waals surface area (Å²) >= 11 is 0. The number of hydrogen-bond donors (Lipinski definition) is 1. The van der Waals surface area contributed by atoms with E-state index in [1.807, 2.05) is 0 Å². The molecule has 2 saturated heterocycles. The minimum absolute atomic E-state index is 0.0249. The van der Waals surface area contributed by atoms with Gasteiger partial charge in [0.2, 0.25) is 0 Å². The number of aliphatic hydroxyl groups is 1. The van der Waals surface area contributed by atoms with E-state index in [9.17, 15) is 38.7 Å². The third-order valence-corrected chi connectivity index (χ3v) is 12.5. The van der Waals surface area contributed by atoms with E-state index in [1.165, 1.54) is 84.9 Å². The van der Waals surface area contributed by atoms with Crippen LogP contribution in [-0.4, -0.2) is 122 Å². The Kier molecular flexibility index (Phi) is 18.0. The van der Waals surface area contributed by atoms with Crippen LogP contribution < -0.4 is 0 Å². The third kappa shape index (κ3) is 13.8. The summed E-state index contributed by atoms with van der Waals surface area (Å²) in [5, 5.41) is 11.9. The van der Waals surface area contributed by atoms with Crippen molar-refractivity contribution in [3.8, 4) is 0 Å². The van der Waals surface area contributed by atoms with Crippen LogP contribution in [0.25, 0.3) is 0 Å². The van der Waals surface area contributed by atoms with Gasteiger partial charge in [-0.3, -0.25) is 0 Å². The lowest BCUT2D eigenvalue weighted by molar-refractivity contribution is -0.323. The summed E-state index contributed by atoms with van der Waals surface area (Å²) in [5.41, 5.74) is 0.388. The predicted octanol–water partition coefficient (Wildman–Crippen LogP) is 7.66. The second-order valence-corrected chi connectivity index (χ2v) is 17.8. The summed E-state index contributed by atoms with van der Waals surface area (Å²) in [6.07, 6.45) is -18.2. The minimum Gasteiger partial charge on any atom is -0.459 e. The van der Waals surface area contributed by atoms with Crippen LogP contribution in [0.4, 0.5) is 0 Å². The Hall–Kier alpha value is -9.33. The van der Waals surface area contributed by atoms with Crippen LogP contribution in [0.15, 0.2) is 212 Å². The number of ether oxygens (including phenoxy) is 10. The second kappa shape index (κ2) is 26.1. The van der Waals surface area contributed by atoms with Crippen molar-refractivity contribution >= 4 is 41.8 Å². The average Bonchev–Trinajstić information content (AvgIpc) is 3.59. The first-order valence-electron chi connectivity index (χ1n) is 24.9. The third-order valence-electron chi connectivity index (χ3n) is 12.5. The van der Waals surface area contributed by atoms with Crippen molar-refractivity contribution < 1.29 is 86.0 Å². The highest BCUT2D eigenvalue weighted by atomic mass is 16.7. The van der Waals surface area contributed by atoms with Gasteiger partial charge >= 0.3 is 41.8 Å². The molecule has 0 aliphatic carbocycles. The Morgan fingerprint density at radius 1 is 0.304 bits per heavy atom. The van der Waals surface area contributed by atoms with Crippen LogP contribution in [-0.2, 0) is 47.4 Å². The van der Waals surface area contributed by atoms with Crippen LogP contribution in [0.3, 0.4) is 0 Å². The van der Waals surface area contributed by atoms with Crippen molar-refractivity contribution in [3.63, 3.8) is 0 Å². The minimum atomic E-state index is -2.12. The number of rotatable bonds is 18. The highest BCUT2D eigenvalue weighted by Crippen LogP contribution is 2.35. The summed E-state index contributed by atoms with van der Waals surface area (Å²) in [5.74, 6) is -6.63. The Morgan fingerprint density at radius 3 is 0.886 bits per heavy atom. The molecule has 9 rings (SSSR count). The number of carbonyl (C=O) groups excluding carboxylic acids is 7. The zero-order valence-corrected chi connectivity index (χ0v) is 41.8.